The highest BCUT2D eigenvalue weighted by Gasteiger charge is 2.12. The van der Waals surface area contributed by atoms with Crippen molar-refractivity contribution < 1.29 is 14.3 Å². The second-order valence-electron chi connectivity index (χ2n) is 5.00. The van der Waals surface area contributed by atoms with Crippen LogP contribution in [0, 0.1) is 0 Å². The minimum absolute atomic E-state index is 0.269. The Bertz CT molecular complexity index is 473. The van der Waals surface area contributed by atoms with E-state index in [2.05, 4.69) is 10.2 Å². The maximum atomic E-state index is 10.6. The van der Waals surface area contributed by atoms with E-state index in [0.717, 1.165) is 31.9 Å². The standard InChI is InChI=1S/C15H23N3O3/c1-12(19)20-9-2-10-21-15-4-3-13(11-14(15)16)18-7-5-17-6-8-18/h3-4,11,17H,2,5-10,16H2,1H3. The fourth-order valence-electron chi connectivity index (χ4n) is 2.24. The number of nitrogens with two attached hydrogens (primary N) is 1. The van der Waals surface area contributed by atoms with E-state index in [4.69, 9.17) is 15.2 Å². The molecule has 0 unspecified atom stereocenters. The van der Waals surface area contributed by atoms with Crippen LogP contribution in [0.4, 0.5) is 11.4 Å². The fourth-order valence-corrected chi connectivity index (χ4v) is 2.24. The van der Waals surface area contributed by atoms with E-state index in [-0.39, 0.29) is 5.97 Å². The number of benzene rings is 1. The summed E-state index contributed by atoms with van der Waals surface area (Å²) in [4.78, 5) is 12.9. The Balaban J connectivity index is 1.82. The Morgan fingerprint density at radius 2 is 2.10 bits per heavy atom. The third-order valence-electron chi connectivity index (χ3n) is 3.33. The Hall–Kier alpha value is -1.95. The van der Waals surface area contributed by atoms with Gasteiger partial charge in [0.15, 0.2) is 0 Å². The molecule has 1 aromatic carbocycles. The third-order valence-corrected chi connectivity index (χ3v) is 3.33. The lowest BCUT2D eigenvalue weighted by Crippen LogP contribution is -2.43. The monoisotopic (exact) mass is 293 g/mol. The zero-order valence-corrected chi connectivity index (χ0v) is 12.4. The summed E-state index contributed by atoms with van der Waals surface area (Å²) in [7, 11) is 0. The van der Waals surface area contributed by atoms with E-state index in [9.17, 15) is 4.79 Å². The lowest BCUT2D eigenvalue weighted by molar-refractivity contribution is -0.141. The van der Waals surface area contributed by atoms with Crippen LogP contribution in [-0.4, -0.2) is 45.4 Å². The van der Waals surface area contributed by atoms with Crippen LogP contribution in [-0.2, 0) is 9.53 Å². The molecule has 1 fully saturated rings. The summed E-state index contributed by atoms with van der Waals surface area (Å²) in [5.74, 6) is 0.409. The fraction of sp³-hybridized carbons (Fsp3) is 0.533. The van der Waals surface area contributed by atoms with Crippen LogP contribution in [0.25, 0.3) is 0 Å². The van der Waals surface area contributed by atoms with E-state index in [1.165, 1.54) is 6.92 Å². The van der Waals surface area contributed by atoms with Crippen molar-refractivity contribution in [3.8, 4) is 5.75 Å². The summed E-state index contributed by atoms with van der Waals surface area (Å²) in [6.45, 7) is 6.21. The highest BCUT2D eigenvalue weighted by Crippen LogP contribution is 2.27. The first-order valence-corrected chi connectivity index (χ1v) is 7.28. The first-order chi connectivity index (χ1) is 10.2. The molecule has 0 aromatic heterocycles. The highest BCUT2D eigenvalue weighted by molar-refractivity contribution is 5.65. The van der Waals surface area contributed by atoms with Gasteiger partial charge in [-0.2, -0.15) is 0 Å². The second-order valence-corrected chi connectivity index (χ2v) is 5.00. The van der Waals surface area contributed by atoms with Crippen LogP contribution in [0.3, 0.4) is 0 Å². The van der Waals surface area contributed by atoms with Gasteiger partial charge in [0, 0.05) is 45.2 Å². The minimum Gasteiger partial charge on any atom is -0.491 e. The minimum atomic E-state index is -0.269. The summed E-state index contributed by atoms with van der Waals surface area (Å²) in [6, 6.07) is 5.88. The molecule has 0 bridgehead atoms. The van der Waals surface area contributed by atoms with E-state index in [0.29, 0.717) is 31.1 Å². The number of nitrogens with zero attached hydrogens (tertiary/aromatic N) is 1. The molecule has 6 nitrogen and oxygen atoms in total. The molecule has 6 heteroatoms. The van der Waals surface area contributed by atoms with Gasteiger partial charge in [-0.05, 0) is 18.2 Å². The van der Waals surface area contributed by atoms with Gasteiger partial charge in [-0.25, -0.2) is 0 Å². The van der Waals surface area contributed by atoms with Crippen molar-refractivity contribution in [2.24, 2.45) is 0 Å². The topological polar surface area (TPSA) is 76.8 Å². The summed E-state index contributed by atoms with van der Waals surface area (Å²) in [5, 5.41) is 3.32. The van der Waals surface area contributed by atoms with Gasteiger partial charge in [-0.3, -0.25) is 4.79 Å². The Kier molecular flexibility index (Phi) is 5.68. The number of piperazine rings is 1. The molecular weight excluding hydrogens is 270 g/mol. The largest absolute Gasteiger partial charge is 0.491 e. The Morgan fingerprint density at radius 3 is 2.76 bits per heavy atom. The molecule has 2 rings (SSSR count). The molecule has 1 aliphatic heterocycles. The number of hydrogen-bond donors (Lipinski definition) is 2. The van der Waals surface area contributed by atoms with Crippen molar-refractivity contribution in [3.05, 3.63) is 18.2 Å². The normalized spacial score (nSPS) is 14.8. The van der Waals surface area contributed by atoms with E-state index in [1.54, 1.807) is 0 Å². The van der Waals surface area contributed by atoms with Crippen LogP contribution in [0.15, 0.2) is 18.2 Å². The van der Waals surface area contributed by atoms with Crippen molar-refractivity contribution in [3.63, 3.8) is 0 Å². The highest BCUT2D eigenvalue weighted by atomic mass is 16.5. The number of anilines is 2. The smallest absolute Gasteiger partial charge is 0.302 e. The van der Waals surface area contributed by atoms with E-state index in [1.807, 2.05) is 18.2 Å². The molecule has 0 aliphatic carbocycles. The first-order valence-electron chi connectivity index (χ1n) is 7.28. The molecule has 1 heterocycles. The Labute approximate surface area is 125 Å². The molecule has 0 saturated carbocycles. The van der Waals surface area contributed by atoms with Crippen LogP contribution in [0.2, 0.25) is 0 Å². The molecule has 1 saturated heterocycles. The van der Waals surface area contributed by atoms with Crippen molar-refractivity contribution in [2.45, 2.75) is 13.3 Å². The van der Waals surface area contributed by atoms with Crippen molar-refractivity contribution in [2.75, 3.05) is 50.0 Å². The maximum Gasteiger partial charge on any atom is 0.302 e. The van der Waals surface area contributed by atoms with Crippen LogP contribution in [0.1, 0.15) is 13.3 Å². The average molecular weight is 293 g/mol. The Morgan fingerprint density at radius 1 is 1.33 bits per heavy atom. The molecule has 3 N–H and O–H groups in total. The molecule has 1 aromatic rings. The number of nitrogen functional groups attached to an aromatic ring is 1. The summed E-state index contributed by atoms with van der Waals surface area (Å²) in [6.07, 6.45) is 0.651. The number of esters is 1. The zero-order chi connectivity index (χ0) is 15.1. The number of rotatable bonds is 6. The van der Waals surface area contributed by atoms with Crippen molar-refractivity contribution >= 4 is 17.3 Å². The molecule has 0 amide bonds. The number of ether oxygens (including phenoxy) is 2. The summed E-state index contributed by atoms with van der Waals surface area (Å²) >= 11 is 0. The van der Waals surface area contributed by atoms with Gasteiger partial charge in [-0.1, -0.05) is 0 Å². The first kappa shape index (κ1) is 15.4. The van der Waals surface area contributed by atoms with Crippen LogP contribution < -0.4 is 20.7 Å². The predicted molar refractivity (Wildman–Crippen MR) is 82.7 cm³/mol. The van der Waals surface area contributed by atoms with Gasteiger partial charge in [0.1, 0.15) is 5.75 Å². The SMILES string of the molecule is CC(=O)OCCCOc1ccc(N2CCNCC2)cc1N. The molecule has 116 valence electrons. The number of nitrogens with one attached hydrogen (secondary N) is 1. The van der Waals surface area contributed by atoms with E-state index >= 15 is 0 Å². The lowest BCUT2D eigenvalue weighted by Gasteiger charge is -2.29. The zero-order valence-electron chi connectivity index (χ0n) is 12.4. The second kappa shape index (κ2) is 7.73. The quantitative estimate of drug-likeness (QED) is 0.463. The summed E-state index contributed by atoms with van der Waals surface area (Å²) < 4.78 is 10.5. The number of carbonyl (C=O) groups is 1. The van der Waals surface area contributed by atoms with Gasteiger partial charge in [0.2, 0.25) is 0 Å². The van der Waals surface area contributed by atoms with Gasteiger partial charge in [0.25, 0.3) is 0 Å². The van der Waals surface area contributed by atoms with Crippen molar-refractivity contribution in [1.82, 2.24) is 5.32 Å². The number of hydrogen-bond acceptors (Lipinski definition) is 6. The molecule has 0 radical (unpaired) electrons. The third kappa shape index (κ3) is 4.82. The molecule has 21 heavy (non-hydrogen) atoms. The lowest BCUT2D eigenvalue weighted by atomic mass is 10.2. The molecular formula is C15H23N3O3. The summed E-state index contributed by atoms with van der Waals surface area (Å²) in [5.41, 5.74) is 7.80. The molecule has 0 atom stereocenters. The van der Waals surface area contributed by atoms with Crippen molar-refractivity contribution in [1.29, 1.82) is 0 Å². The van der Waals surface area contributed by atoms with Gasteiger partial charge >= 0.3 is 5.97 Å². The number of carbonyl (C=O) groups excluding carboxylic acids is 1. The molecule has 0 spiro atoms. The van der Waals surface area contributed by atoms with Crippen LogP contribution in [0.5, 0.6) is 5.75 Å². The van der Waals surface area contributed by atoms with Gasteiger partial charge < -0.3 is 25.4 Å². The van der Waals surface area contributed by atoms with Crippen LogP contribution >= 0.6 is 0 Å². The average Bonchev–Trinajstić information content (AvgIpc) is 2.49. The van der Waals surface area contributed by atoms with Gasteiger partial charge in [0.05, 0.1) is 18.9 Å². The molecule has 1 aliphatic rings. The predicted octanol–water partition coefficient (Wildman–Crippen LogP) is 1.01. The van der Waals surface area contributed by atoms with E-state index < -0.39 is 0 Å². The van der Waals surface area contributed by atoms with Gasteiger partial charge in [-0.15, -0.1) is 0 Å². The maximum absolute atomic E-state index is 10.6.